The lowest BCUT2D eigenvalue weighted by Gasteiger charge is -2.43. The highest BCUT2D eigenvalue weighted by Gasteiger charge is 2.24. The molecule has 0 spiro atoms. The van der Waals surface area contributed by atoms with Crippen molar-refractivity contribution in [2.75, 3.05) is 19.6 Å². The maximum absolute atomic E-state index is 2.49. The molecule has 0 atom stereocenters. The molecule has 0 aromatic heterocycles. The fourth-order valence-corrected chi connectivity index (χ4v) is 2.12. The summed E-state index contributed by atoms with van der Waals surface area (Å²) >= 11 is 0. The Balaban J connectivity index is 5.09. The van der Waals surface area contributed by atoms with Gasteiger partial charge in [0.05, 0.1) is 0 Å². The highest BCUT2D eigenvalue weighted by atomic mass is 15.3. The lowest BCUT2D eigenvalue weighted by atomic mass is 10.1. The number of allylic oxidation sites excluding steroid dienone is 1. The Labute approximate surface area is 102 Å². The van der Waals surface area contributed by atoms with Gasteiger partial charge < -0.3 is 9.80 Å². The molecule has 0 rings (SSSR count). The van der Waals surface area contributed by atoms with Crippen molar-refractivity contribution in [2.24, 2.45) is 0 Å². The van der Waals surface area contributed by atoms with E-state index in [1.165, 1.54) is 5.82 Å². The van der Waals surface area contributed by atoms with Crippen molar-refractivity contribution < 1.29 is 0 Å². The van der Waals surface area contributed by atoms with Crippen LogP contribution in [0.5, 0.6) is 0 Å². The normalized spacial score (nSPS) is 12.8. The fourth-order valence-electron chi connectivity index (χ4n) is 2.12. The fraction of sp³-hybridized carbons (Fsp3) is 0.857. The molecular formula is C14H30N2. The van der Waals surface area contributed by atoms with Crippen LogP contribution in [0.3, 0.4) is 0 Å². The maximum atomic E-state index is 2.49. The zero-order valence-corrected chi connectivity index (χ0v) is 12.3. The molecule has 0 aliphatic carbocycles. The third-order valence-electron chi connectivity index (χ3n) is 2.88. The first-order valence-corrected chi connectivity index (χ1v) is 6.64. The van der Waals surface area contributed by atoms with E-state index in [9.17, 15) is 0 Å². The average molecular weight is 226 g/mol. The van der Waals surface area contributed by atoms with Crippen molar-refractivity contribution in [1.82, 2.24) is 9.80 Å². The summed E-state index contributed by atoms with van der Waals surface area (Å²) in [6.45, 7) is 19.0. The lowest BCUT2D eigenvalue weighted by molar-refractivity contribution is 0.130. The number of hydrogen-bond acceptors (Lipinski definition) is 2. The van der Waals surface area contributed by atoms with Crippen LogP contribution in [0.4, 0.5) is 0 Å². The van der Waals surface area contributed by atoms with Crippen LogP contribution in [0.15, 0.2) is 11.9 Å². The van der Waals surface area contributed by atoms with E-state index in [1.807, 2.05) is 0 Å². The molecule has 0 aliphatic rings. The predicted octanol–water partition coefficient (Wildman–Crippen LogP) is 3.70. The van der Waals surface area contributed by atoms with Gasteiger partial charge in [0.2, 0.25) is 0 Å². The van der Waals surface area contributed by atoms with Gasteiger partial charge in [-0.1, -0.05) is 6.92 Å². The van der Waals surface area contributed by atoms with Crippen LogP contribution in [0, 0.1) is 0 Å². The van der Waals surface area contributed by atoms with E-state index in [2.05, 4.69) is 64.3 Å². The molecule has 0 radical (unpaired) electrons. The Kier molecular flexibility index (Phi) is 6.54. The minimum atomic E-state index is 0.193. The molecule has 0 fully saturated rings. The van der Waals surface area contributed by atoms with Crippen molar-refractivity contribution in [3.05, 3.63) is 11.9 Å². The summed E-state index contributed by atoms with van der Waals surface area (Å²) in [7, 11) is 0. The summed E-state index contributed by atoms with van der Waals surface area (Å²) in [5.74, 6) is 1.39. The zero-order valence-electron chi connectivity index (χ0n) is 12.3. The molecule has 0 aromatic carbocycles. The van der Waals surface area contributed by atoms with Crippen molar-refractivity contribution in [2.45, 2.75) is 60.4 Å². The molecule has 0 heterocycles. The van der Waals surface area contributed by atoms with Gasteiger partial charge in [-0.15, -0.1) is 0 Å². The molecule has 0 aromatic rings. The molecule has 16 heavy (non-hydrogen) atoms. The molecule has 0 saturated carbocycles. The van der Waals surface area contributed by atoms with E-state index in [1.54, 1.807) is 0 Å². The summed E-state index contributed by atoms with van der Waals surface area (Å²) in [6.07, 6.45) is 3.44. The van der Waals surface area contributed by atoms with Crippen LogP contribution in [-0.2, 0) is 0 Å². The second-order valence-electron chi connectivity index (χ2n) is 5.06. The molecule has 2 nitrogen and oxygen atoms in total. The topological polar surface area (TPSA) is 6.48 Å². The third-order valence-corrected chi connectivity index (χ3v) is 2.88. The molecule has 96 valence electrons. The first-order valence-electron chi connectivity index (χ1n) is 6.64. The number of nitrogens with zero attached hydrogens (tertiary/aromatic N) is 2. The molecule has 0 saturated heterocycles. The van der Waals surface area contributed by atoms with Crippen molar-refractivity contribution >= 4 is 0 Å². The van der Waals surface area contributed by atoms with E-state index in [0.29, 0.717) is 0 Å². The average Bonchev–Trinajstić information content (AvgIpc) is 2.18. The SMILES string of the molecule is CC/C=C(/N(CC)CC)N(CC)C(C)(C)C. The minimum Gasteiger partial charge on any atom is -0.359 e. The molecule has 0 aliphatic heterocycles. The van der Waals surface area contributed by atoms with Crippen LogP contribution in [0.2, 0.25) is 0 Å². The van der Waals surface area contributed by atoms with Gasteiger partial charge in [0.15, 0.2) is 0 Å². The highest BCUT2D eigenvalue weighted by molar-refractivity contribution is 5.04. The van der Waals surface area contributed by atoms with Gasteiger partial charge in [-0.25, -0.2) is 0 Å². The van der Waals surface area contributed by atoms with Crippen LogP contribution >= 0.6 is 0 Å². The minimum absolute atomic E-state index is 0.193. The van der Waals surface area contributed by atoms with Gasteiger partial charge in [0.25, 0.3) is 0 Å². The predicted molar refractivity (Wildman–Crippen MR) is 73.4 cm³/mol. The van der Waals surface area contributed by atoms with Crippen molar-refractivity contribution in [3.63, 3.8) is 0 Å². The van der Waals surface area contributed by atoms with E-state index < -0.39 is 0 Å². The lowest BCUT2D eigenvalue weighted by Crippen LogP contribution is -2.46. The van der Waals surface area contributed by atoms with Crippen LogP contribution in [0.1, 0.15) is 54.9 Å². The summed E-state index contributed by atoms with van der Waals surface area (Å²) < 4.78 is 0. The molecule has 0 unspecified atom stereocenters. The summed E-state index contributed by atoms with van der Waals surface area (Å²) in [4.78, 5) is 4.93. The molecule has 0 bridgehead atoms. The molecular weight excluding hydrogens is 196 g/mol. The van der Waals surface area contributed by atoms with Gasteiger partial charge in [-0.3, -0.25) is 0 Å². The third kappa shape index (κ3) is 4.07. The molecule has 2 heteroatoms. The zero-order chi connectivity index (χ0) is 12.8. The van der Waals surface area contributed by atoms with Crippen molar-refractivity contribution in [1.29, 1.82) is 0 Å². The van der Waals surface area contributed by atoms with Crippen LogP contribution < -0.4 is 0 Å². The van der Waals surface area contributed by atoms with Crippen molar-refractivity contribution in [3.8, 4) is 0 Å². The molecule has 0 amide bonds. The monoisotopic (exact) mass is 226 g/mol. The summed E-state index contributed by atoms with van der Waals surface area (Å²) in [5.41, 5.74) is 0.193. The highest BCUT2D eigenvalue weighted by Crippen LogP contribution is 2.22. The van der Waals surface area contributed by atoms with E-state index in [0.717, 1.165) is 26.1 Å². The smallest absolute Gasteiger partial charge is 0.100 e. The van der Waals surface area contributed by atoms with Gasteiger partial charge in [-0.05, 0) is 54.0 Å². The first-order chi connectivity index (χ1) is 7.42. The van der Waals surface area contributed by atoms with Crippen LogP contribution in [0.25, 0.3) is 0 Å². The quantitative estimate of drug-likeness (QED) is 0.681. The summed E-state index contributed by atoms with van der Waals surface area (Å²) in [5, 5.41) is 0. The molecule has 0 N–H and O–H groups in total. The second kappa shape index (κ2) is 6.82. The Morgan fingerprint density at radius 1 is 0.938 bits per heavy atom. The van der Waals surface area contributed by atoms with Crippen LogP contribution in [-0.4, -0.2) is 35.0 Å². The van der Waals surface area contributed by atoms with Gasteiger partial charge >= 0.3 is 0 Å². The second-order valence-corrected chi connectivity index (χ2v) is 5.06. The van der Waals surface area contributed by atoms with E-state index in [4.69, 9.17) is 0 Å². The number of hydrogen-bond donors (Lipinski definition) is 0. The largest absolute Gasteiger partial charge is 0.359 e. The van der Waals surface area contributed by atoms with E-state index in [-0.39, 0.29) is 5.54 Å². The Hall–Kier alpha value is -0.660. The maximum Gasteiger partial charge on any atom is 0.100 e. The Bertz CT molecular complexity index is 209. The first kappa shape index (κ1) is 15.3. The Morgan fingerprint density at radius 3 is 1.69 bits per heavy atom. The van der Waals surface area contributed by atoms with Gasteiger partial charge in [0.1, 0.15) is 5.82 Å². The number of rotatable bonds is 6. The Morgan fingerprint density at radius 2 is 1.44 bits per heavy atom. The van der Waals surface area contributed by atoms with E-state index >= 15 is 0 Å². The van der Waals surface area contributed by atoms with Gasteiger partial charge in [0, 0.05) is 25.2 Å². The summed E-state index contributed by atoms with van der Waals surface area (Å²) in [6, 6.07) is 0. The standard InChI is InChI=1S/C14H30N2/c1-8-12-13(15(9-2)10-3)16(11-4)14(5,6)7/h12H,8-11H2,1-7H3/b13-12-. The van der Waals surface area contributed by atoms with Gasteiger partial charge in [-0.2, -0.15) is 0 Å².